The molecule has 0 fully saturated rings. The van der Waals surface area contributed by atoms with Gasteiger partial charge in [-0.15, -0.1) is 0 Å². The van der Waals surface area contributed by atoms with E-state index < -0.39 is 29.7 Å². The van der Waals surface area contributed by atoms with Crippen molar-refractivity contribution < 1.29 is 23.9 Å². The Balaban J connectivity index is 2.17. The summed E-state index contributed by atoms with van der Waals surface area (Å²) in [6.07, 6.45) is 2.12. The summed E-state index contributed by atoms with van der Waals surface area (Å²) in [4.78, 5) is 50.8. The number of carbonyl (C=O) groups excluding carboxylic acids is 4. The van der Waals surface area contributed by atoms with Gasteiger partial charge in [0, 0.05) is 18.9 Å². The van der Waals surface area contributed by atoms with Crippen LogP contribution in [-0.2, 0) is 32.0 Å². The zero-order chi connectivity index (χ0) is 24.6. The monoisotopic (exact) mass is 458 g/mol. The smallest absolute Gasteiger partial charge is 0.407 e. The highest BCUT2D eigenvalue weighted by Crippen LogP contribution is 2.20. The number of Topliss-reactive ketones (excluding diaryl/α,β-unsaturated/α-hetero) is 2. The molecule has 0 aromatic heterocycles. The van der Waals surface area contributed by atoms with E-state index in [0.29, 0.717) is 13.0 Å². The number of fused-ring (bicyclic) bond motifs is 2. The van der Waals surface area contributed by atoms with E-state index in [9.17, 15) is 19.2 Å². The van der Waals surface area contributed by atoms with Gasteiger partial charge in [-0.2, -0.15) is 0 Å². The molecule has 0 spiro atoms. The molecular weight excluding hydrogens is 420 g/mol. The van der Waals surface area contributed by atoms with Crippen molar-refractivity contribution in [2.24, 2.45) is 17.3 Å². The van der Waals surface area contributed by atoms with Crippen molar-refractivity contribution in [3.05, 3.63) is 35.4 Å². The summed E-state index contributed by atoms with van der Waals surface area (Å²) in [5.41, 5.74) is 1.90. The van der Waals surface area contributed by atoms with Crippen molar-refractivity contribution in [3.63, 3.8) is 0 Å². The second-order valence-electron chi connectivity index (χ2n) is 10.5. The normalized spacial score (nSPS) is 18.5. The number of ketones is 2. The fourth-order valence-corrected chi connectivity index (χ4v) is 3.82. The summed E-state index contributed by atoms with van der Waals surface area (Å²) in [6, 6.07) is 7.16. The lowest BCUT2D eigenvalue weighted by atomic mass is 9.85. The van der Waals surface area contributed by atoms with Crippen molar-refractivity contribution in [2.45, 2.75) is 72.8 Å². The van der Waals surface area contributed by atoms with Gasteiger partial charge < -0.3 is 15.4 Å². The summed E-state index contributed by atoms with van der Waals surface area (Å²) < 4.78 is 5.25. The fourth-order valence-electron chi connectivity index (χ4n) is 3.82. The van der Waals surface area contributed by atoms with E-state index in [2.05, 4.69) is 16.7 Å². The molecule has 1 heterocycles. The molecule has 0 radical (unpaired) electrons. The Morgan fingerprint density at radius 2 is 1.85 bits per heavy atom. The minimum absolute atomic E-state index is 0.126. The molecule has 2 amide bonds. The number of ether oxygens (including phenoxy) is 1. The Bertz CT molecular complexity index is 856. The number of alkyl carbamates (subject to hydrolysis) is 1. The maximum absolute atomic E-state index is 13.2. The highest BCUT2D eigenvalue weighted by Gasteiger charge is 2.32. The lowest BCUT2D eigenvalue weighted by molar-refractivity contribution is -0.141. The third-order valence-corrected chi connectivity index (χ3v) is 5.62. The third kappa shape index (κ3) is 8.98. The standard InChI is InChI=1S/C26H38N2O5/c1-17(2)22(28-25(32)33-16-26(3,4)5)21(29)15-20-14-19-11-8-10-18(13-19)9-6-7-12-27-24(31)23(20)30/h8,10-11,13,17,20,22H,6-7,9,12,14-16H2,1-5H3,(H,27,31)(H,28,32). The van der Waals surface area contributed by atoms with Crippen molar-refractivity contribution in [1.82, 2.24) is 10.6 Å². The summed E-state index contributed by atoms with van der Waals surface area (Å²) in [7, 11) is 0. The number of carbonyl (C=O) groups is 4. The molecule has 1 aromatic rings. The first-order valence-corrected chi connectivity index (χ1v) is 11.8. The van der Waals surface area contributed by atoms with Crippen LogP contribution in [0.2, 0.25) is 0 Å². The Morgan fingerprint density at radius 3 is 2.52 bits per heavy atom. The molecule has 2 atom stereocenters. The van der Waals surface area contributed by atoms with Crippen LogP contribution < -0.4 is 10.6 Å². The molecule has 1 aliphatic rings. The van der Waals surface area contributed by atoms with Gasteiger partial charge in [0.25, 0.3) is 5.91 Å². The van der Waals surface area contributed by atoms with Crippen LogP contribution in [0.5, 0.6) is 0 Å². The molecule has 0 aliphatic carbocycles. The van der Waals surface area contributed by atoms with Crippen LogP contribution in [0.1, 0.15) is 65.0 Å². The third-order valence-electron chi connectivity index (χ3n) is 5.62. The number of benzene rings is 1. The van der Waals surface area contributed by atoms with Crippen molar-refractivity contribution in [2.75, 3.05) is 13.2 Å². The van der Waals surface area contributed by atoms with Gasteiger partial charge >= 0.3 is 6.09 Å². The number of rotatable bonds is 6. The summed E-state index contributed by atoms with van der Waals surface area (Å²) in [5.74, 6) is -2.51. The van der Waals surface area contributed by atoms with Gasteiger partial charge in [-0.25, -0.2) is 4.79 Å². The highest BCUT2D eigenvalue weighted by molar-refractivity contribution is 6.37. The summed E-state index contributed by atoms with van der Waals surface area (Å²) in [6.45, 7) is 10.1. The average Bonchev–Trinajstić information content (AvgIpc) is 2.73. The maximum atomic E-state index is 13.2. The van der Waals surface area contributed by atoms with Crippen LogP contribution >= 0.6 is 0 Å². The minimum atomic E-state index is -0.805. The first-order valence-electron chi connectivity index (χ1n) is 11.8. The first kappa shape index (κ1) is 26.6. The summed E-state index contributed by atoms with van der Waals surface area (Å²) >= 11 is 0. The molecule has 2 rings (SSSR count). The van der Waals surface area contributed by atoms with Crippen molar-refractivity contribution in [3.8, 4) is 0 Å². The van der Waals surface area contributed by atoms with Gasteiger partial charge in [-0.3, -0.25) is 14.4 Å². The number of nitrogens with one attached hydrogen (secondary N) is 2. The van der Waals surface area contributed by atoms with E-state index in [1.165, 1.54) is 5.56 Å². The SMILES string of the molecule is CC(C)C(NC(=O)OCC(C)(C)C)C(=O)CC1Cc2cccc(c2)CCCCNC(=O)C1=O. The molecule has 7 nitrogen and oxygen atoms in total. The van der Waals surface area contributed by atoms with Crippen LogP contribution in [0.4, 0.5) is 4.79 Å². The number of hydrogen-bond donors (Lipinski definition) is 2. The lowest BCUT2D eigenvalue weighted by Crippen LogP contribution is -2.47. The predicted octanol–water partition coefficient (Wildman–Crippen LogP) is 3.62. The second-order valence-corrected chi connectivity index (χ2v) is 10.5. The lowest BCUT2D eigenvalue weighted by Gasteiger charge is -2.25. The molecule has 2 unspecified atom stereocenters. The predicted molar refractivity (Wildman–Crippen MR) is 127 cm³/mol. The Morgan fingerprint density at radius 1 is 1.15 bits per heavy atom. The molecule has 7 heteroatoms. The van der Waals surface area contributed by atoms with Crippen LogP contribution in [-0.4, -0.2) is 42.8 Å². The average molecular weight is 459 g/mol. The Kier molecular flexibility index (Phi) is 9.62. The van der Waals surface area contributed by atoms with Crippen LogP contribution in [0.3, 0.4) is 0 Å². The zero-order valence-corrected chi connectivity index (χ0v) is 20.5. The molecule has 1 aromatic carbocycles. The molecule has 33 heavy (non-hydrogen) atoms. The quantitative estimate of drug-likeness (QED) is 0.634. The molecule has 2 bridgehead atoms. The van der Waals surface area contributed by atoms with Crippen LogP contribution in [0, 0.1) is 17.3 Å². The van der Waals surface area contributed by atoms with Gasteiger partial charge in [-0.05, 0) is 48.1 Å². The van der Waals surface area contributed by atoms with E-state index >= 15 is 0 Å². The molecular formula is C26H38N2O5. The van der Waals surface area contributed by atoms with Gasteiger partial charge in [-0.1, -0.05) is 58.9 Å². The molecule has 1 aliphatic heterocycles. The molecule has 182 valence electrons. The number of amides is 2. The first-order chi connectivity index (χ1) is 15.5. The van der Waals surface area contributed by atoms with Gasteiger partial charge in [0.1, 0.15) is 0 Å². The second kappa shape index (κ2) is 12.0. The maximum Gasteiger partial charge on any atom is 0.407 e. The number of hydrogen-bond acceptors (Lipinski definition) is 5. The zero-order valence-electron chi connectivity index (χ0n) is 20.5. The van der Waals surface area contributed by atoms with Gasteiger partial charge in [0.2, 0.25) is 5.78 Å². The number of aryl methyl sites for hydroxylation is 1. The van der Waals surface area contributed by atoms with Crippen LogP contribution in [0.25, 0.3) is 0 Å². The Labute approximate surface area is 197 Å². The van der Waals surface area contributed by atoms with E-state index in [1.54, 1.807) is 0 Å². The van der Waals surface area contributed by atoms with Crippen molar-refractivity contribution >= 4 is 23.6 Å². The largest absolute Gasteiger partial charge is 0.449 e. The van der Waals surface area contributed by atoms with E-state index in [-0.39, 0.29) is 30.1 Å². The molecule has 2 N–H and O–H groups in total. The molecule has 0 saturated carbocycles. The van der Waals surface area contributed by atoms with E-state index in [4.69, 9.17) is 4.74 Å². The highest BCUT2D eigenvalue weighted by atomic mass is 16.5. The van der Waals surface area contributed by atoms with Gasteiger partial charge in [0.15, 0.2) is 5.78 Å². The van der Waals surface area contributed by atoms with Gasteiger partial charge in [0.05, 0.1) is 12.6 Å². The fraction of sp³-hybridized carbons (Fsp3) is 0.615. The van der Waals surface area contributed by atoms with E-state index in [1.807, 2.05) is 52.8 Å². The summed E-state index contributed by atoms with van der Waals surface area (Å²) in [5, 5.41) is 5.34. The molecule has 0 saturated heterocycles. The minimum Gasteiger partial charge on any atom is -0.449 e. The van der Waals surface area contributed by atoms with Crippen LogP contribution in [0.15, 0.2) is 24.3 Å². The topological polar surface area (TPSA) is 102 Å². The Hall–Kier alpha value is -2.70. The van der Waals surface area contributed by atoms with E-state index in [0.717, 1.165) is 24.8 Å². The van der Waals surface area contributed by atoms with Crippen molar-refractivity contribution in [1.29, 1.82) is 0 Å².